The number of rotatable bonds is 2. The first-order chi connectivity index (χ1) is 6.33. The van der Waals surface area contributed by atoms with E-state index in [4.69, 9.17) is 4.74 Å². The predicted molar refractivity (Wildman–Crippen MR) is 53.4 cm³/mol. The van der Waals surface area contributed by atoms with Gasteiger partial charge in [0.05, 0.1) is 12.5 Å². The standard InChI is InChI=1S/C10H12O2S/c1-2-12-10(11)8-6-13-9-5-3-4-7(8)9/h3,5,8H,2,4,6H2,1H3. The summed E-state index contributed by atoms with van der Waals surface area (Å²) in [4.78, 5) is 12.8. The van der Waals surface area contributed by atoms with E-state index >= 15 is 0 Å². The van der Waals surface area contributed by atoms with Crippen LogP contribution in [0.25, 0.3) is 0 Å². The van der Waals surface area contributed by atoms with Gasteiger partial charge in [0.2, 0.25) is 0 Å². The van der Waals surface area contributed by atoms with Crippen molar-refractivity contribution in [1.29, 1.82) is 0 Å². The zero-order valence-corrected chi connectivity index (χ0v) is 8.39. The largest absolute Gasteiger partial charge is 0.466 e. The van der Waals surface area contributed by atoms with Crippen LogP contribution in [-0.2, 0) is 9.53 Å². The number of carbonyl (C=O) groups is 1. The number of ether oxygens (including phenoxy) is 1. The summed E-state index contributed by atoms with van der Waals surface area (Å²) in [5.41, 5.74) is 1.27. The van der Waals surface area contributed by atoms with Crippen molar-refractivity contribution in [3.05, 3.63) is 22.6 Å². The van der Waals surface area contributed by atoms with E-state index in [1.165, 1.54) is 10.5 Å². The van der Waals surface area contributed by atoms with Crippen molar-refractivity contribution >= 4 is 17.7 Å². The highest BCUT2D eigenvalue weighted by atomic mass is 32.2. The first kappa shape index (κ1) is 8.88. The van der Waals surface area contributed by atoms with Gasteiger partial charge in [0, 0.05) is 10.7 Å². The van der Waals surface area contributed by atoms with Crippen LogP contribution in [0.15, 0.2) is 22.6 Å². The molecule has 2 rings (SSSR count). The number of thioether (sulfide) groups is 1. The second-order valence-electron chi connectivity index (χ2n) is 3.11. The maximum Gasteiger partial charge on any atom is 0.313 e. The lowest BCUT2D eigenvalue weighted by atomic mass is 10.0. The van der Waals surface area contributed by atoms with E-state index < -0.39 is 0 Å². The molecule has 2 aliphatic rings. The van der Waals surface area contributed by atoms with Gasteiger partial charge in [-0.3, -0.25) is 4.79 Å². The fourth-order valence-corrected chi connectivity index (χ4v) is 2.97. The minimum absolute atomic E-state index is 0.0231. The van der Waals surface area contributed by atoms with Gasteiger partial charge < -0.3 is 4.74 Å². The van der Waals surface area contributed by atoms with Crippen LogP contribution in [0.2, 0.25) is 0 Å². The zero-order chi connectivity index (χ0) is 9.26. The van der Waals surface area contributed by atoms with Crippen molar-refractivity contribution in [1.82, 2.24) is 0 Å². The van der Waals surface area contributed by atoms with Crippen molar-refractivity contribution in [2.75, 3.05) is 12.4 Å². The molecular weight excluding hydrogens is 184 g/mol. The van der Waals surface area contributed by atoms with E-state index in [9.17, 15) is 4.79 Å². The smallest absolute Gasteiger partial charge is 0.313 e. The Hall–Kier alpha value is -0.700. The number of hydrogen-bond acceptors (Lipinski definition) is 3. The van der Waals surface area contributed by atoms with E-state index in [0.29, 0.717) is 6.61 Å². The fraction of sp³-hybridized carbons (Fsp3) is 0.500. The fourth-order valence-electron chi connectivity index (χ4n) is 1.68. The SMILES string of the molecule is CCOC(=O)C1CSC2=C1CC=C2. The third-order valence-electron chi connectivity index (χ3n) is 2.32. The van der Waals surface area contributed by atoms with Crippen LogP contribution in [0.5, 0.6) is 0 Å². The molecule has 2 nitrogen and oxygen atoms in total. The van der Waals surface area contributed by atoms with Gasteiger partial charge in [-0.2, -0.15) is 0 Å². The quantitative estimate of drug-likeness (QED) is 0.633. The molecule has 0 amide bonds. The minimum Gasteiger partial charge on any atom is -0.466 e. The lowest BCUT2D eigenvalue weighted by Gasteiger charge is -2.10. The summed E-state index contributed by atoms with van der Waals surface area (Å²) >= 11 is 1.77. The summed E-state index contributed by atoms with van der Waals surface area (Å²) in [6.07, 6.45) is 5.16. The van der Waals surface area contributed by atoms with Gasteiger partial charge >= 0.3 is 5.97 Å². The molecule has 1 aliphatic heterocycles. The van der Waals surface area contributed by atoms with Gasteiger partial charge in [0.1, 0.15) is 0 Å². The van der Waals surface area contributed by atoms with Gasteiger partial charge in [-0.25, -0.2) is 0 Å². The van der Waals surface area contributed by atoms with E-state index in [1.807, 2.05) is 6.92 Å². The number of esters is 1. The molecular formula is C10H12O2S. The van der Waals surface area contributed by atoms with Gasteiger partial charge in [-0.05, 0) is 18.9 Å². The molecule has 0 aromatic heterocycles. The van der Waals surface area contributed by atoms with Gasteiger partial charge in [-0.1, -0.05) is 12.2 Å². The zero-order valence-electron chi connectivity index (χ0n) is 7.58. The third kappa shape index (κ3) is 1.53. The molecule has 1 unspecified atom stereocenters. The molecule has 0 bridgehead atoms. The van der Waals surface area contributed by atoms with Crippen molar-refractivity contribution in [2.24, 2.45) is 5.92 Å². The van der Waals surface area contributed by atoms with Crippen LogP contribution in [0.4, 0.5) is 0 Å². The number of hydrogen-bond donors (Lipinski definition) is 0. The average Bonchev–Trinajstić information content (AvgIpc) is 2.62. The monoisotopic (exact) mass is 196 g/mol. The van der Waals surface area contributed by atoms with Gasteiger partial charge in [0.25, 0.3) is 0 Å². The Labute approximate surface area is 82.0 Å². The van der Waals surface area contributed by atoms with Gasteiger partial charge in [0.15, 0.2) is 0 Å². The topological polar surface area (TPSA) is 26.3 Å². The van der Waals surface area contributed by atoms with Crippen molar-refractivity contribution < 1.29 is 9.53 Å². The molecule has 0 saturated heterocycles. The van der Waals surface area contributed by atoms with E-state index in [2.05, 4.69) is 12.2 Å². The predicted octanol–water partition coefficient (Wildman–Crippen LogP) is 2.13. The second kappa shape index (κ2) is 3.58. The molecule has 0 fully saturated rings. The molecule has 0 aromatic carbocycles. The van der Waals surface area contributed by atoms with Crippen LogP contribution in [0.1, 0.15) is 13.3 Å². The maximum absolute atomic E-state index is 11.5. The lowest BCUT2D eigenvalue weighted by Crippen LogP contribution is -2.19. The highest BCUT2D eigenvalue weighted by Crippen LogP contribution is 2.42. The molecule has 1 atom stereocenters. The highest BCUT2D eigenvalue weighted by molar-refractivity contribution is 8.03. The molecule has 0 aromatic rings. The summed E-state index contributed by atoms with van der Waals surface area (Å²) in [5, 5.41) is 0. The molecule has 3 heteroatoms. The summed E-state index contributed by atoms with van der Waals surface area (Å²) in [7, 11) is 0. The molecule has 1 aliphatic carbocycles. The maximum atomic E-state index is 11.5. The number of carbonyl (C=O) groups excluding carboxylic acids is 1. The Balaban J connectivity index is 2.07. The van der Waals surface area contributed by atoms with Crippen LogP contribution in [0, 0.1) is 5.92 Å². The summed E-state index contributed by atoms with van der Waals surface area (Å²) < 4.78 is 5.02. The molecule has 0 spiro atoms. The second-order valence-corrected chi connectivity index (χ2v) is 4.17. The van der Waals surface area contributed by atoms with Crippen molar-refractivity contribution in [3.8, 4) is 0 Å². The molecule has 1 heterocycles. The Morgan fingerprint density at radius 1 is 1.77 bits per heavy atom. The summed E-state index contributed by atoms with van der Waals surface area (Å²) in [6.45, 7) is 2.33. The first-order valence-electron chi connectivity index (χ1n) is 4.52. The van der Waals surface area contributed by atoms with E-state index in [1.54, 1.807) is 11.8 Å². The normalized spacial score (nSPS) is 25.2. The van der Waals surface area contributed by atoms with E-state index in [0.717, 1.165) is 12.2 Å². The Morgan fingerprint density at radius 2 is 2.62 bits per heavy atom. The molecule has 0 N–H and O–H groups in total. The molecule has 0 saturated carbocycles. The Bertz CT molecular complexity index is 291. The molecule has 70 valence electrons. The van der Waals surface area contributed by atoms with Crippen LogP contribution >= 0.6 is 11.8 Å². The lowest BCUT2D eigenvalue weighted by molar-refractivity contribution is -0.145. The van der Waals surface area contributed by atoms with E-state index in [-0.39, 0.29) is 11.9 Å². The number of allylic oxidation sites excluding steroid dienone is 2. The average molecular weight is 196 g/mol. The highest BCUT2D eigenvalue weighted by Gasteiger charge is 2.32. The molecule has 13 heavy (non-hydrogen) atoms. The first-order valence-corrected chi connectivity index (χ1v) is 5.50. The van der Waals surface area contributed by atoms with Crippen LogP contribution in [-0.4, -0.2) is 18.3 Å². The third-order valence-corrected chi connectivity index (χ3v) is 3.53. The van der Waals surface area contributed by atoms with Crippen molar-refractivity contribution in [3.63, 3.8) is 0 Å². The van der Waals surface area contributed by atoms with Gasteiger partial charge in [-0.15, -0.1) is 11.8 Å². The Morgan fingerprint density at radius 3 is 3.38 bits per heavy atom. The summed E-state index contributed by atoms with van der Waals surface area (Å²) in [5.74, 6) is 0.840. The minimum atomic E-state index is -0.0521. The van der Waals surface area contributed by atoms with Crippen LogP contribution in [0.3, 0.4) is 0 Å². The van der Waals surface area contributed by atoms with Crippen LogP contribution < -0.4 is 0 Å². The van der Waals surface area contributed by atoms with Crippen molar-refractivity contribution in [2.45, 2.75) is 13.3 Å². The summed E-state index contributed by atoms with van der Waals surface area (Å²) in [6, 6.07) is 0. The molecule has 0 radical (unpaired) electrons. The Kier molecular flexibility index (Phi) is 2.44.